The molecule has 0 aromatic carbocycles. The number of nitrogens with one attached hydrogen (secondary N) is 1. The minimum Gasteiger partial charge on any atom is -0.348 e. The third-order valence-electron chi connectivity index (χ3n) is 3.27. The van der Waals surface area contributed by atoms with Gasteiger partial charge in [-0.1, -0.05) is 0 Å². The molecule has 21 heavy (non-hydrogen) atoms. The van der Waals surface area contributed by atoms with Gasteiger partial charge in [-0.25, -0.2) is 9.97 Å². The predicted molar refractivity (Wildman–Crippen MR) is 82.3 cm³/mol. The van der Waals surface area contributed by atoms with Gasteiger partial charge in [-0.05, 0) is 6.92 Å². The standard InChI is InChI=1S/C13H16N6OS/c1-9-11(15-7-14-9)6-21-4-3-19-8-16-10-5-18(2)17-12(10)13(19)20/h5,7-8H,3-4,6H2,1-2H3,(H,14,15). The van der Waals surface area contributed by atoms with Crippen molar-refractivity contribution in [2.75, 3.05) is 5.75 Å². The molecule has 0 aliphatic carbocycles. The summed E-state index contributed by atoms with van der Waals surface area (Å²) in [5.74, 6) is 1.69. The van der Waals surface area contributed by atoms with Crippen molar-refractivity contribution in [1.82, 2.24) is 29.3 Å². The van der Waals surface area contributed by atoms with Crippen LogP contribution >= 0.6 is 11.8 Å². The van der Waals surface area contributed by atoms with Crippen molar-refractivity contribution in [1.29, 1.82) is 0 Å². The van der Waals surface area contributed by atoms with Crippen molar-refractivity contribution in [3.63, 3.8) is 0 Å². The van der Waals surface area contributed by atoms with Gasteiger partial charge in [0.05, 0.1) is 24.5 Å². The molecule has 0 atom stereocenters. The Kier molecular flexibility index (Phi) is 3.78. The van der Waals surface area contributed by atoms with E-state index >= 15 is 0 Å². The topological polar surface area (TPSA) is 81.4 Å². The minimum absolute atomic E-state index is 0.0843. The van der Waals surface area contributed by atoms with Crippen LogP contribution in [0.5, 0.6) is 0 Å². The molecule has 0 saturated carbocycles. The maximum absolute atomic E-state index is 12.2. The van der Waals surface area contributed by atoms with Gasteiger partial charge in [0.1, 0.15) is 5.52 Å². The molecule has 3 aromatic rings. The molecular formula is C13H16N6OS. The van der Waals surface area contributed by atoms with Crippen LogP contribution < -0.4 is 5.56 Å². The van der Waals surface area contributed by atoms with Crippen molar-refractivity contribution in [3.05, 3.63) is 40.6 Å². The van der Waals surface area contributed by atoms with Crippen molar-refractivity contribution < 1.29 is 0 Å². The molecule has 0 bridgehead atoms. The Morgan fingerprint density at radius 3 is 3.00 bits per heavy atom. The predicted octanol–water partition coefficient (Wildman–Crippen LogP) is 1.09. The maximum Gasteiger partial charge on any atom is 0.281 e. The number of H-pyrrole nitrogens is 1. The molecule has 0 unspecified atom stereocenters. The van der Waals surface area contributed by atoms with Gasteiger partial charge in [-0.3, -0.25) is 14.0 Å². The van der Waals surface area contributed by atoms with E-state index in [2.05, 4.69) is 20.1 Å². The average molecular weight is 304 g/mol. The lowest BCUT2D eigenvalue weighted by Crippen LogP contribution is -2.21. The molecule has 3 aromatic heterocycles. The quantitative estimate of drug-likeness (QED) is 0.714. The van der Waals surface area contributed by atoms with E-state index in [9.17, 15) is 4.79 Å². The first kappa shape index (κ1) is 13.9. The van der Waals surface area contributed by atoms with E-state index in [0.717, 1.165) is 22.9 Å². The molecule has 8 heteroatoms. The smallest absolute Gasteiger partial charge is 0.281 e. The fraction of sp³-hybridized carbons (Fsp3) is 0.385. The Morgan fingerprint density at radius 1 is 1.38 bits per heavy atom. The van der Waals surface area contributed by atoms with Crippen LogP contribution in [0.2, 0.25) is 0 Å². The highest BCUT2D eigenvalue weighted by Crippen LogP contribution is 2.12. The summed E-state index contributed by atoms with van der Waals surface area (Å²) in [6.45, 7) is 2.60. The summed E-state index contributed by atoms with van der Waals surface area (Å²) in [6, 6.07) is 0. The molecule has 1 N–H and O–H groups in total. The highest BCUT2D eigenvalue weighted by atomic mass is 32.2. The molecule has 0 fully saturated rings. The third-order valence-corrected chi connectivity index (χ3v) is 4.23. The molecule has 0 aliphatic rings. The zero-order valence-corrected chi connectivity index (χ0v) is 12.7. The van der Waals surface area contributed by atoms with Gasteiger partial charge >= 0.3 is 0 Å². The Hall–Kier alpha value is -2.09. The van der Waals surface area contributed by atoms with Crippen LogP contribution in [0.4, 0.5) is 0 Å². The summed E-state index contributed by atoms with van der Waals surface area (Å²) >= 11 is 1.75. The molecule has 0 spiro atoms. The van der Waals surface area contributed by atoms with E-state index in [4.69, 9.17) is 0 Å². The van der Waals surface area contributed by atoms with E-state index in [-0.39, 0.29) is 5.56 Å². The molecule has 0 radical (unpaired) electrons. The van der Waals surface area contributed by atoms with Gasteiger partial charge in [-0.2, -0.15) is 16.9 Å². The zero-order chi connectivity index (χ0) is 14.8. The highest BCUT2D eigenvalue weighted by Gasteiger charge is 2.07. The van der Waals surface area contributed by atoms with Gasteiger partial charge in [0.15, 0.2) is 5.52 Å². The van der Waals surface area contributed by atoms with Crippen LogP contribution in [0, 0.1) is 6.92 Å². The lowest BCUT2D eigenvalue weighted by molar-refractivity contribution is 0.719. The molecular weight excluding hydrogens is 288 g/mol. The van der Waals surface area contributed by atoms with Gasteiger partial charge < -0.3 is 4.98 Å². The molecule has 110 valence electrons. The summed E-state index contributed by atoms with van der Waals surface area (Å²) in [4.78, 5) is 23.8. The monoisotopic (exact) mass is 304 g/mol. The fourth-order valence-corrected chi connectivity index (χ4v) is 3.04. The first-order chi connectivity index (χ1) is 10.1. The van der Waals surface area contributed by atoms with Crippen molar-refractivity contribution >= 4 is 22.8 Å². The minimum atomic E-state index is -0.0843. The number of nitrogens with zero attached hydrogens (tertiary/aromatic N) is 5. The largest absolute Gasteiger partial charge is 0.348 e. The second kappa shape index (κ2) is 5.72. The van der Waals surface area contributed by atoms with Crippen LogP contribution in [-0.4, -0.2) is 35.1 Å². The zero-order valence-electron chi connectivity index (χ0n) is 11.9. The van der Waals surface area contributed by atoms with E-state index in [1.807, 2.05) is 6.92 Å². The Bertz CT molecular complexity index is 818. The summed E-state index contributed by atoms with van der Waals surface area (Å²) in [5.41, 5.74) is 3.13. The van der Waals surface area contributed by atoms with Crippen LogP contribution in [0.15, 0.2) is 23.6 Å². The summed E-state index contributed by atoms with van der Waals surface area (Å²) in [6.07, 6.45) is 5.04. The second-order valence-corrected chi connectivity index (χ2v) is 5.90. The van der Waals surface area contributed by atoms with Crippen molar-refractivity contribution in [3.8, 4) is 0 Å². The van der Waals surface area contributed by atoms with E-state index < -0.39 is 0 Å². The highest BCUT2D eigenvalue weighted by molar-refractivity contribution is 7.98. The van der Waals surface area contributed by atoms with Crippen molar-refractivity contribution in [2.45, 2.75) is 19.2 Å². The molecule has 0 amide bonds. The number of fused-ring (bicyclic) bond motifs is 1. The second-order valence-electron chi connectivity index (χ2n) is 4.80. The average Bonchev–Trinajstić information content (AvgIpc) is 3.03. The van der Waals surface area contributed by atoms with E-state index in [0.29, 0.717) is 17.6 Å². The number of hydrogen-bond donors (Lipinski definition) is 1. The first-order valence-corrected chi connectivity index (χ1v) is 7.76. The normalized spacial score (nSPS) is 11.3. The lowest BCUT2D eigenvalue weighted by Gasteiger charge is -2.04. The number of rotatable bonds is 5. The van der Waals surface area contributed by atoms with E-state index in [1.54, 1.807) is 46.9 Å². The number of aryl methyl sites for hydroxylation is 3. The number of thioether (sulfide) groups is 1. The molecule has 3 rings (SSSR count). The van der Waals surface area contributed by atoms with Crippen LogP contribution in [-0.2, 0) is 19.3 Å². The van der Waals surface area contributed by atoms with Gasteiger partial charge in [0.2, 0.25) is 0 Å². The van der Waals surface area contributed by atoms with E-state index in [1.165, 1.54) is 0 Å². The Labute approximate surface area is 125 Å². The first-order valence-electron chi connectivity index (χ1n) is 6.60. The Morgan fingerprint density at radius 2 is 2.24 bits per heavy atom. The van der Waals surface area contributed by atoms with Crippen LogP contribution in [0.1, 0.15) is 11.4 Å². The number of hydrogen-bond acceptors (Lipinski definition) is 5. The summed E-state index contributed by atoms with van der Waals surface area (Å²) in [5, 5.41) is 4.15. The number of imidazole rings is 1. The van der Waals surface area contributed by atoms with Gasteiger partial charge in [-0.15, -0.1) is 0 Å². The summed E-state index contributed by atoms with van der Waals surface area (Å²) in [7, 11) is 1.79. The lowest BCUT2D eigenvalue weighted by atomic mass is 10.4. The number of aromatic amines is 1. The third kappa shape index (κ3) is 2.85. The molecule has 7 nitrogen and oxygen atoms in total. The fourth-order valence-electron chi connectivity index (χ4n) is 2.08. The molecule has 0 saturated heterocycles. The Balaban J connectivity index is 1.64. The summed E-state index contributed by atoms with van der Waals surface area (Å²) < 4.78 is 3.22. The van der Waals surface area contributed by atoms with Crippen molar-refractivity contribution in [2.24, 2.45) is 7.05 Å². The van der Waals surface area contributed by atoms with Gasteiger partial charge in [0.25, 0.3) is 5.56 Å². The molecule has 0 aliphatic heterocycles. The van der Waals surface area contributed by atoms with Crippen LogP contribution in [0.25, 0.3) is 11.0 Å². The van der Waals surface area contributed by atoms with Crippen LogP contribution in [0.3, 0.4) is 0 Å². The maximum atomic E-state index is 12.2. The molecule has 3 heterocycles. The number of aromatic nitrogens is 6. The van der Waals surface area contributed by atoms with Gasteiger partial charge in [0, 0.05) is 30.8 Å². The SMILES string of the molecule is Cc1nc[nH]c1CSCCn1cnc2cn(C)nc2c1=O.